The molecule has 9 heteroatoms. The first-order chi connectivity index (χ1) is 12.0. The maximum atomic E-state index is 12.7. The van der Waals surface area contributed by atoms with Crippen LogP contribution in [0.5, 0.6) is 0 Å². The van der Waals surface area contributed by atoms with Gasteiger partial charge >= 0.3 is 0 Å². The Hall–Kier alpha value is -2.35. The highest BCUT2D eigenvalue weighted by Gasteiger charge is 2.26. The lowest BCUT2D eigenvalue weighted by molar-refractivity contribution is 0.0762. The summed E-state index contributed by atoms with van der Waals surface area (Å²) in [6, 6.07) is 6.48. The largest absolute Gasteiger partial charge is 0.399 e. The molecule has 2 aromatic rings. The molecule has 3 rings (SSSR count). The van der Waals surface area contributed by atoms with Crippen LogP contribution in [-0.2, 0) is 0 Å². The van der Waals surface area contributed by atoms with Crippen molar-refractivity contribution in [2.45, 2.75) is 6.42 Å². The Bertz CT molecular complexity index is 827. The minimum atomic E-state index is -0.205. The van der Waals surface area contributed by atoms with E-state index in [4.69, 9.17) is 34.8 Å². The summed E-state index contributed by atoms with van der Waals surface area (Å²) in [4.78, 5) is 22.5. The summed E-state index contributed by atoms with van der Waals surface area (Å²) >= 11 is 12.0. The van der Waals surface area contributed by atoms with E-state index in [2.05, 4.69) is 9.97 Å². The van der Waals surface area contributed by atoms with E-state index in [0.29, 0.717) is 45.9 Å². The van der Waals surface area contributed by atoms with E-state index in [1.54, 1.807) is 41.6 Å². The number of hydrogen-bond donors (Lipinski definition) is 2. The predicted molar refractivity (Wildman–Crippen MR) is 96.9 cm³/mol. The number of nitrogens with two attached hydrogens (primary N) is 2. The average molecular weight is 379 g/mol. The Morgan fingerprint density at radius 2 is 1.96 bits per heavy atom. The second kappa shape index (κ2) is 7.26. The van der Waals surface area contributed by atoms with Crippen LogP contribution in [0.25, 0.3) is 0 Å². The second-order valence-corrected chi connectivity index (χ2v) is 6.34. The smallest absolute Gasteiger partial charge is 0.255 e. The van der Waals surface area contributed by atoms with Crippen LogP contribution in [0, 0.1) is 0 Å². The van der Waals surface area contributed by atoms with Crippen LogP contribution in [0.3, 0.4) is 0 Å². The van der Waals surface area contributed by atoms with Crippen LogP contribution < -0.4 is 16.6 Å². The third-order valence-corrected chi connectivity index (χ3v) is 4.41. The van der Waals surface area contributed by atoms with Gasteiger partial charge in [0, 0.05) is 36.1 Å². The summed E-state index contributed by atoms with van der Waals surface area (Å²) < 4.78 is 0. The van der Waals surface area contributed by atoms with Crippen molar-refractivity contribution < 1.29 is 4.79 Å². The summed E-state index contributed by atoms with van der Waals surface area (Å²) in [6.07, 6.45) is 3.68. The highest BCUT2D eigenvalue weighted by molar-refractivity contribution is 6.36. The molecule has 0 bridgehead atoms. The predicted octanol–water partition coefficient (Wildman–Crippen LogP) is 2.18. The van der Waals surface area contributed by atoms with E-state index in [-0.39, 0.29) is 12.5 Å². The van der Waals surface area contributed by atoms with Crippen LogP contribution >= 0.6 is 23.2 Å². The minimum Gasteiger partial charge on any atom is -0.399 e. The van der Waals surface area contributed by atoms with E-state index in [9.17, 15) is 4.79 Å². The van der Waals surface area contributed by atoms with E-state index in [0.717, 1.165) is 0 Å². The van der Waals surface area contributed by atoms with Gasteiger partial charge in [-0.15, -0.1) is 0 Å². The number of nitrogens with zero attached hydrogens (tertiary/aromatic N) is 4. The molecule has 7 nitrogen and oxygen atoms in total. The van der Waals surface area contributed by atoms with Gasteiger partial charge in [-0.2, -0.15) is 0 Å². The lowest BCUT2D eigenvalue weighted by atomic mass is 10.1. The second-order valence-electron chi connectivity index (χ2n) is 5.49. The number of halogens is 2. The lowest BCUT2D eigenvalue weighted by Crippen LogP contribution is -2.44. The van der Waals surface area contributed by atoms with E-state index in [1.807, 2.05) is 0 Å². The summed E-state index contributed by atoms with van der Waals surface area (Å²) in [6.45, 7) is 0.696. The topological polar surface area (TPSA) is 101 Å². The van der Waals surface area contributed by atoms with Gasteiger partial charge in [-0.1, -0.05) is 23.2 Å². The number of rotatable bonds is 3. The third kappa shape index (κ3) is 3.68. The minimum absolute atomic E-state index is 0.205. The zero-order valence-corrected chi connectivity index (χ0v) is 14.7. The summed E-state index contributed by atoms with van der Waals surface area (Å²) in [5, 5.41) is 2.14. The monoisotopic (exact) mass is 378 g/mol. The van der Waals surface area contributed by atoms with Gasteiger partial charge in [-0.3, -0.25) is 4.79 Å². The fraction of sp³-hybridized carbons (Fsp3) is 0.188. The van der Waals surface area contributed by atoms with E-state index < -0.39 is 0 Å². The molecule has 0 unspecified atom stereocenters. The summed E-state index contributed by atoms with van der Waals surface area (Å²) in [5.74, 6) is 6.21. The van der Waals surface area contributed by atoms with Crippen LogP contribution in [-0.4, -0.2) is 33.9 Å². The van der Waals surface area contributed by atoms with Crippen molar-refractivity contribution in [1.29, 1.82) is 0 Å². The molecule has 0 fully saturated rings. The van der Waals surface area contributed by atoms with Crippen LogP contribution in [0.1, 0.15) is 16.8 Å². The first kappa shape index (κ1) is 17.5. The van der Waals surface area contributed by atoms with Gasteiger partial charge < -0.3 is 10.6 Å². The number of hydrogen-bond acceptors (Lipinski definition) is 6. The molecule has 1 aromatic heterocycles. The van der Waals surface area contributed by atoms with Crippen molar-refractivity contribution in [3.8, 4) is 0 Å². The van der Waals surface area contributed by atoms with Crippen molar-refractivity contribution in [2.24, 2.45) is 11.6 Å². The molecular weight excluding hydrogens is 363 g/mol. The molecule has 0 atom stereocenters. The number of benzene rings is 1. The zero-order chi connectivity index (χ0) is 18.0. The van der Waals surface area contributed by atoms with Crippen molar-refractivity contribution in [3.63, 3.8) is 0 Å². The number of aromatic nitrogens is 2. The lowest BCUT2D eigenvalue weighted by Gasteiger charge is -2.32. The Labute approximate surface area is 154 Å². The number of anilines is 1. The summed E-state index contributed by atoms with van der Waals surface area (Å²) in [7, 11) is 0. The van der Waals surface area contributed by atoms with Crippen LogP contribution in [0.15, 0.2) is 48.1 Å². The number of hydrazine groups is 1. The van der Waals surface area contributed by atoms with E-state index >= 15 is 0 Å². The van der Waals surface area contributed by atoms with Crippen molar-refractivity contribution >= 4 is 35.1 Å². The molecule has 0 spiro atoms. The van der Waals surface area contributed by atoms with Gasteiger partial charge in [0.15, 0.2) is 0 Å². The fourth-order valence-corrected chi connectivity index (χ4v) is 3.08. The van der Waals surface area contributed by atoms with Gasteiger partial charge in [0.2, 0.25) is 5.95 Å². The van der Waals surface area contributed by atoms with E-state index in [1.165, 1.54) is 5.01 Å². The number of amides is 1. The number of carbonyl (C=O) groups is 1. The van der Waals surface area contributed by atoms with Gasteiger partial charge in [0.1, 0.15) is 0 Å². The van der Waals surface area contributed by atoms with Gasteiger partial charge in [-0.05, 0) is 24.3 Å². The van der Waals surface area contributed by atoms with Gasteiger partial charge in [0.25, 0.3) is 5.91 Å². The Kier molecular flexibility index (Phi) is 5.08. The van der Waals surface area contributed by atoms with Crippen molar-refractivity contribution in [1.82, 2.24) is 14.9 Å². The Balaban J connectivity index is 1.78. The molecule has 0 saturated carbocycles. The van der Waals surface area contributed by atoms with Gasteiger partial charge in [-0.25, -0.2) is 20.8 Å². The molecule has 25 heavy (non-hydrogen) atoms. The molecule has 0 saturated heterocycles. The molecule has 0 aliphatic carbocycles. The Morgan fingerprint density at radius 1 is 1.24 bits per heavy atom. The molecule has 1 aliphatic rings. The first-order valence-electron chi connectivity index (χ1n) is 7.51. The average Bonchev–Trinajstić information content (AvgIpc) is 2.61. The molecule has 0 radical (unpaired) electrons. The van der Waals surface area contributed by atoms with Crippen LogP contribution in [0.4, 0.5) is 5.95 Å². The molecule has 1 aliphatic heterocycles. The maximum Gasteiger partial charge on any atom is 0.255 e. The molecule has 2 heterocycles. The van der Waals surface area contributed by atoms with Crippen molar-refractivity contribution in [3.05, 3.63) is 63.7 Å². The highest BCUT2D eigenvalue weighted by atomic mass is 35.5. The normalized spacial score (nSPS) is 14.6. The zero-order valence-electron chi connectivity index (χ0n) is 13.2. The molecule has 1 aromatic carbocycles. The molecular formula is C16H16Cl2N6O. The van der Waals surface area contributed by atoms with Crippen molar-refractivity contribution in [2.75, 3.05) is 18.1 Å². The highest BCUT2D eigenvalue weighted by Crippen LogP contribution is 2.25. The standard InChI is InChI=1S/C16H16Cl2N6O/c17-10-2-3-11(12(18)8-10)15(25)23-7-4-14(13(19)9-23)24(20)16-21-5-1-6-22-16/h1-3,5-6,8H,4,7,9,19-20H2. The summed E-state index contributed by atoms with van der Waals surface area (Å²) in [5.41, 5.74) is 7.71. The third-order valence-electron chi connectivity index (χ3n) is 3.86. The molecule has 1 amide bonds. The quantitative estimate of drug-likeness (QED) is 0.626. The Morgan fingerprint density at radius 3 is 2.60 bits per heavy atom. The maximum absolute atomic E-state index is 12.7. The molecule has 4 N–H and O–H groups in total. The fourth-order valence-electron chi connectivity index (χ4n) is 2.60. The van der Waals surface area contributed by atoms with Crippen LogP contribution in [0.2, 0.25) is 10.0 Å². The SMILES string of the molecule is NC1=C(N(N)c2ncccn2)CCN(C(=O)c2ccc(Cl)cc2Cl)C1. The molecule has 130 valence electrons. The first-order valence-corrected chi connectivity index (χ1v) is 8.26. The number of carbonyl (C=O) groups excluding carboxylic acids is 1. The van der Waals surface area contributed by atoms with Gasteiger partial charge in [0.05, 0.1) is 22.8 Å².